The van der Waals surface area contributed by atoms with E-state index in [-0.39, 0.29) is 6.10 Å². The number of likely N-dealkylation sites (tertiary alicyclic amines) is 1. The van der Waals surface area contributed by atoms with Crippen LogP contribution >= 0.6 is 0 Å². The van der Waals surface area contributed by atoms with Crippen molar-refractivity contribution in [3.63, 3.8) is 0 Å². The van der Waals surface area contributed by atoms with Crippen molar-refractivity contribution in [3.05, 3.63) is 0 Å². The molecule has 4 atom stereocenters. The van der Waals surface area contributed by atoms with E-state index in [1.807, 2.05) is 11.8 Å². The first-order chi connectivity index (χ1) is 8.13. The molecule has 1 aliphatic heterocycles. The largest absolute Gasteiger partial charge is 0.393 e. The lowest BCUT2D eigenvalue weighted by Gasteiger charge is -2.41. The second-order valence-corrected chi connectivity index (χ2v) is 6.44. The molecule has 1 N–H and O–H groups in total. The second kappa shape index (κ2) is 4.27. The zero-order valence-corrected chi connectivity index (χ0v) is 10.6. The fourth-order valence-electron chi connectivity index (χ4n) is 4.00. The SMILES string of the molecule is CC(O)C1CN(C(=O)CC2CC3CCC2C3)C1. The Morgan fingerprint density at radius 1 is 1.35 bits per heavy atom. The Balaban J connectivity index is 1.46. The minimum atomic E-state index is -0.262. The van der Waals surface area contributed by atoms with Gasteiger partial charge in [0.05, 0.1) is 6.10 Å². The number of carbonyl (C=O) groups is 1. The maximum atomic E-state index is 12.1. The first kappa shape index (κ1) is 11.5. The Kier molecular flexibility index (Phi) is 2.89. The van der Waals surface area contributed by atoms with Crippen molar-refractivity contribution >= 4 is 5.91 Å². The Hall–Kier alpha value is -0.570. The molecule has 0 aromatic rings. The van der Waals surface area contributed by atoms with E-state index in [9.17, 15) is 9.90 Å². The fourth-order valence-corrected chi connectivity index (χ4v) is 4.00. The van der Waals surface area contributed by atoms with E-state index < -0.39 is 0 Å². The predicted octanol–water partition coefficient (Wildman–Crippen LogP) is 1.65. The number of rotatable bonds is 3. The molecular formula is C14H23NO2. The van der Waals surface area contributed by atoms with Crippen molar-refractivity contribution in [2.45, 2.75) is 45.1 Å². The van der Waals surface area contributed by atoms with E-state index >= 15 is 0 Å². The predicted molar refractivity (Wildman–Crippen MR) is 65.3 cm³/mol. The summed E-state index contributed by atoms with van der Waals surface area (Å²) in [5.74, 6) is 3.10. The Morgan fingerprint density at radius 2 is 2.12 bits per heavy atom. The van der Waals surface area contributed by atoms with Gasteiger partial charge in [0.1, 0.15) is 0 Å². The van der Waals surface area contributed by atoms with Gasteiger partial charge in [-0.1, -0.05) is 6.42 Å². The monoisotopic (exact) mass is 237 g/mol. The number of nitrogens with zero attached hydrogens (tertiary/aromatic N) is 1. The topological polar surface area (TPSA) is 40.5 Å². The molecule has 2 aliphatic carbocycles. The first-order valence-corrected chi connectivity index (χ1v) is 7.09. The molecule has 0 spiro atoms. The van der Waals surface area contributed by atoms with Crippen LogP contribution in [0.1, 0.15) is 39.0 Å². The summed E-state index contributed by atoms with van der Waals surface area (Å²) in [5.41, 5.74) is 0. The van der Waals surface area contributed by atoms with E-state index in [2.05, 4.69) is 0 Å². The van der Waals surface area contributed by atoms with Crippen LogP contribution in [0.5, 0.6) is 0 Å². The third-order valence-electron chi connectivity index (χ3n) is 5.27. The Bertz CT molecular complexity index is 309. The molecule has 17 heavy (non-hydrogen) atoms. The lowest BCUT2D eigenvalue weighted by Crippen LogP contribution is -2.54. The average molecular weight is 237 g/mol. The minimum absolute atomic E-state index is 0.262. The fraction of sp³-hybridized carbons (Fsp3) is 0.929. The summed E-state index contributed by atoms with van der Waals surface area (Å²) >= 11 is 0. The van der Waals surface area contributed by atoms with Crippen LogP contribution in [0, 0.1) is 23.7 Å². The summed E-state index contributed by atoms with van der Waals surface area (Å²) in [5, 5.41) is 9.40. The standard InChI is InChI=1S/C14H23NO2/c1-9(16)13-7-15(8-13)14(17)6-12-5-10-2-3-11(12)4-10/h9-13,16H,2-8H2,1H3. The van der Waals surface area contributed by atoms with Crippen LogP contribution < -0.4 is 0 Å². The highest BCUT2D eigenvalue weighted by Crippen LogP contribution is 2.49. The number of aliphatic hydroxyl groups excluding tert-OH is 1. The molecule has 1 amide bonds. The van der Waals surface area contributed by atoms with E-state index in [0.717, 1.165) is 31.3 Å². The van der Waals surface area contributed by atoms with Crippen LogP contribution in [0.3, 0.4) is 0 Å². The maximum Gasteiger partial charge on any atom is 0.222 e. The zero-order chi connectivity index (χ0) is 12.0. The van der Waals surface area contributed by atoms with Gasteiger partial charge in [-0.3, -0.25) is 4.79 Å². The van der Waals surface area contributed by atoms with Gasteiger partial charge in [0, 0.05) is 25.4 Å². The molecule has 3 rings (SSSR count). The van der Waals surface area contributed by atoms with Crippen LogP contribution in [0.15, 0.2) is 0 Å². The number of amides is 1. The van der Waals surface area contributed by atoms with E-state index in [0.29, 0.717) is 17.7 Å². The van der Waals surface area contributed by atoms with Crippen molar-refractivity contribution < 1.29 is 9.90 Å². The van der Waals surface area contributed by atoms with Crippen LogP contribution in [-0.4, -0.2) is 35.1 Å². The summed E-state index contributed by atoms with van der Waals surface area (Å²) in [6, 6.07) is 0. The van der Waals surface area contributed by atoms with Gasteiger partial charge in [-0.2, -0.15) is 0 Å². The van der Waals surface area contributed by atoms with Crippen LogP contribution in [0.2, 0.25) is 0 Å². The number of aliphatic hydroxyl groups is 1. The number of hydrogen-bond acceptors (Lipinski definition) is 2. The number of fused-ring (bicyclic) bond motifs is 2. The molecule has 3 fully saturated rings. The van der Waals surface area contributed by atoms with Gasteiger partial charge < -0.3 is 10.0 Å². The Morgan fingerprint density at radius 3 is 2.65 bits per heavy atom. The highest BCUT2D eigenvalue weighted by atomic mass is 16.3. The summed E-state index contributed by atoms with van der Waals surface area (Å²) in [7, 11) is 0. The van der Waals surface area contributed by atoms with Crippen molar-refractivity contribution in [3.8, 4) is 0 Å². The van der Waals surface area contributed by atoms with Gasteiger partial charge in [0.2, 0.25) is 5.91 Å². The van der Waals surface area contributed by atoms with Crippen molar-refractivity contribution in [1.29, 1.82) is 0 Å². The molecule has 2 bridgehead atoms. The molecule has 96 valence electrons. The van der Waals surface area contributed by atoms with Crippen LogP contribution in [-0.2, 0) is 4.79 Å². The van der Waals surface area contributed by atoms with E-state index in [4.69, 9.17) is 0 Å². The summed E-state index contributed by atoms with van der Waals surface area (Å²) in [6.45, 7) is 3.37. The van der Waals surface area contributed by atoms with Crippen molar-refractivity contribution in [2.75, 3.05) is 13.1 Å². The molecule has 0 radical (unpaired) electrons. The maximum absolute atomic E-state index is 12.1. The van der Waals surface area contributed by atoms with Crippen LogP contribution in [0.4, 0.5) is 0 Å². The quantitative estimate of drug-likeness (QED) is 0.811. The molecule has 3 heteroatoms. The molecule has 1 heterocycles. The lowest BCUT2D eigenvalue weighted by molar-refractivity contribution is -0.141. The second-order valence-electron chi connectivity index (χ2n) is 6.44. The first-order valence-electron chi connectivity index (χ1n) is 7.09. The summed E-state index contributed by atoms with van der Waals surface area (Å²) in [6.07, 6.45) is 5.95. The van der Waals surface area contributed by atoms with E-state index in [1.165, 1.54) is 25.7 Å². The highest BCUT2D eigenvalue weighted by Gasteiger charge is 2.42. The van der Waals surface area contributed by atoms with Crippen LogP contribution in [0.25, 0.3) is 0 Å². The van der Waals surface area contributed by atoms with Crippen molar-refractivity contribution in [2.24, 2.45) is 23.7 Å². The zero-order valence-electron chi connectivity index (χ0n) is 10.6. The Labute approximate surface area is 103 Å². The van der Waals surface area contributed by atoms with Crippen molar-refractivity contribution in [1.82, 2.24) is 4.90 Å². The molecular weight excluding hydrogens is 214 g/mol. The highest BCUT2D eigenvalue weighted by molar-refractivity contribution is 5.77. The average Bonchev–Trinajstić information content (AvgIpc) is 2.75. The molecule has 3 nitrogen and oxygen atoms in total. The lowest BCUT2D eigenvalue weighted by atomic mass is 9.85. The van der Waals surface area contributed by atoms with Gasteiger partial charge in [0.15, 0.2) is 0 Å². The third-order valence-corrected chi connectivity index (χ3v) is 5.27. The van der Waals surface area contributed by atoms with Gasteiger partial charge in [-0.25, -0.2) is 0 Å². The molecule has 0 aromatic heterocycles. The molecule has 3 aliphatic rings. The summed E-state index contributed by atoms with van der Waals surface area (Å²) in [4.78, 5) is 14.0. The van der Waals surface area contributed by atoms with Gasteiger partial charge in [-0.05, 0) is 43.9 Å². The molecule has 2 saturated carbocycles. The number of hydrogen-bond donors (Lipinski definition) is 1. The smallest absolute Gasteiger partial charge is 0.222 e. The van der Waals surface area contributed by atoms with E-state index in [1.54, 1.807) is 0 Å². The molecule has 4 unspecified atom stereocenters. The third kappa shape index (κ3) is 2.10. The van der Waals surface area contributed by atoms with Gasteiger partial charge >= 0.3 is 0 Å². The molecule has 1 saturated heterocycles. The minimum Gasteiger partial charge on any atom is -0.393 e. The normalized spacial score (nSPS) is 38.2. The van der Waals surface area contributed by atoms with Gasteiger partial charge in [-0.15, -0.1) is 0 Å². The summed E-state index contributed by atoms with van der Waals surface area (Å²) < 4.78 is 0. The van der Waals surface area contributed by atoms with Gasteiger partial charge in [0.25, 0.3) is 0 Å². The number of carbonyl (C=O) groups excluding carboxylic acids is 1. The molecule has 0 aromatic carbocycles.